The van der Waals surface area contributed by atoms with Crippen LogP contribution in [0.1, 0.15) is 57.2 Å². The molecule has 1 amide bonds. The van der Waals surface area contributed by atoms with Crippen LogP contribution in [-0.4, -0.2) is 32.7 Å². The fourth-order valence-corrected chi connectivity index (χ4v) is 4.07. The molecule has 1 aromatic carbocycles. The van der Waals surface area contributed by atoms with Gasteiger partial charge in [-0.3, -0.25) is 4.90 Å². The Balaban J connectivity index is 1.95. The maximum Gasteiger partial charge on any atom is 0.410 e. The van der Waals surface area contributed by atoms with E-state index in [1.807, 2.05) is 11.5 Å². The lowest BCUT2D eigenvalue weighted by molar-refractivity contribution is 0.00946. The number of benzene rings is 1. The summed E-state index contributed by atoms with van der Waals surface area (Å²) in [4.78, 5) is 18.8. The average molecular weight is 444 g/mol. The van der Waals surface area contributed by atoms with Gasteiger partial charge in [0, 0.05) is 25.6 Å². The molecule has 30 heavy (non-hydrogen) atoms. The minimum Gasteiger partial charge on any atom is -0.444 e. The Morgan fingerprint density at radius 3 is 2.60 bits per heavy atom. The molecule has 1 atom stereocenters. The van der Waals surface area contributed by atoms with Crippen molar-refractivity contribution in [1.82, 2.24) is 14.5 Å². The molecule has 1 aliphatic heterocycles. The summed E-state index contributed by atoms with van der Waals surface area (Å²) >= 11 is 6.40. The van der Waals surface area contributed by atoms with Crippen molar-refractivity contribution < 1.29 is 22.7 Å². The molecule has 0 saturated carbocycles. The predicted octanol–water partition coefficient (Wildman–Crippen LogP) is 5.44. The molecule has 1 unspecified atom stereocenters. The Morgan fingerprint density at radius 2 is 1.97 bits per heavy atom. The Hall–Kier alpha value is -2.22. The number of imidazole rings is 1. The van der Waals surface area contributed by atoms with Crippen LogP contribution in [0.25, 0.3) is 0 Å². The van der Waals surface area contributed by atoms with Gasteiger partial charge in [0.25, 0.3) is 0 Å². The summed E-state index contributed by atoms with van der Waals surface area (Å²) in [7, 11) is 0. The number of carbonyl (C=O) groups excluding carboxylic acids is 1. The van der Waals surface area contributed by atoms with E-state index in [1.165, 1.54) is 4.90 Å². The van der Waals surface area contributed by atoms with Crippen molar-refractivity contribution in [2.24, 2.45) is 0 Å². The molecule has 0 spiro atoms. The van der Waals surface area contributed by atoms with Gasteiger partial charge in [-0.1, -0.05) is 18.5 Å². The van der Waals surface area contributed by atoms with E-state index in [0.717, 1.165) is 11.9 Å². The van der Waals surface area contributed by atoms with Crippen molar-refractivity contribution in [2.45, 2.75) is 65.1 Å². The van der Waals surface area contributed by atoms with Crippen LogP contribution in [-0.2, 0) is 24.1 Å². The van der Waals surface area contributed by atoms with Crippen molar-refractivity contribution in [1.29, 1.82) is 0 Å². The summed E-state index contributed by atoms with van der Waals surface area (Å²) in [5, 5.41) is 0.260. The first-order valence-electron chi connectivity index (χ1n) is 9.89. The minimum absolute atomic E-state index is 0.00739. The van der Waals surface area contributed by atoms with E-state index in [0.29, 0.717) is 31.3 Å². The van der Waals surface area contributed by atoms with E-state index in [-0.39, 0.29) is 23.6 Å². The molecule has 0 radical (unpaired) electrons. The number of nitrogens with zero attached hydrogens (tertiary/aromatic N) is 3. The van der Waals surface area contributed by atoms with Gasteiger partial charge in [-0.2, -0.15) is 0 Å². The third-order valence-corrected chi connectivity index (χ3v) is 5.28. The second-order valence-corrected chi connectivity index (χ2v) is 8.66. The van der Waals surface area contributed by atoms with Crippen LogP contribution >= 0.6 is 11.6 Å². The fourth-order valence-electron chi connectivity index (χ4n) is 3.74. The largest absolute Gasteiger partial charge is 0.444 e. The minimum atomic E-state index is -1.24. The molecule has 5 nitrogen and oxygen atoms in total. The molecule has 0 bridgehead atoms. The van der Waals surface area contributed by atoms with Crippen LogP contribution in [0.5, 0.6) is 0 Å². The number of halogens is 4. The molecule has 3 rings (SSSR count). The standard InChI is InChI=1S/C21H25ClF3N3O2/c1-5-16-26-19(22)18-15(7-6-12-10-13(23)11-14(24)17(12)25)27(8-9-28(16)18)20(29)30-21(2,3)4/h10-11,15H,5-9H2,1-4H3. The Labute approximate surface area is 178 Å². The molecule has 1 aromatic heterocycles. The molecule has 2 heterocycles. The van der Waals surface area contributed by atoms with Crippen LogP contribution in [0.3, 0.4) is 0 Å². The zero-order chi connectivity index (χ0) is 22.2. The second-order valence-electron chi connectivity index (χ2n) is 8.30. The Kier molecular flexibility index (Phi) is 6.36. The number of aryl methyl sites for hydroxylation is 2. The normalized spacial score (nSPS) is 16.5. The van der Waals surface area contributed by atoms with E-state index in [2.05, 4.69) is 4.98 Å². The van der Waals surface area contributed by atoms with E-state index in [1.54, 1.807) is 20.8 Å². The quantitative estimate of drug-likeness (QED) is 0.591. The van der Waals surface area contributed by atoms with Gasteiger partial charge in [-0.25, -0.2) is 22.9 Å². The summed E-state index contributed by atoms with van der Waals surface area (Å²) in [5.74, 6) is -2.40. The highest BCUT2D eigenvalue weighted by Gasteiger charge is 2.37. The summed E-state index contributed by atoms with van der Waals surface area (Å²) in [6.07, 6.45) is 0.337. The van der Waals surface area contributed by atoms with Crippen molar-refractivity contribution in [2.75, 3.05) is 6.54 Å². The molecule has 0 N–H and O–H groups in total. The van der Waals surface area contributed by atoms with E-state index in [9.17, 15) is 18.0 Å². The monoisotopic (exact) mass is 443 g/mol. The number of rotatable bonds is 4. The lowest BCUT2D eigenvalue weighted by Crippen LogP contribution is -2.45. The number of fused-ring (bicyclic) bond motifs is 1. The summed E-state index contributed by atoms with van der Waals surface area (Å²) in [6, 6.07) is 0.904. The number of ether oxygens (including phenoxy) is 1. The first-order chi connectivity index (χ1) is 14.0. The van der Waals surface area contributed by atoms with Crippen molar-refractivity contribution in [3.63, 3.8) is 0 Å². The topological polar surface area (TPSA) is 47.4 Å². The van der Waals surface area contributed by atoms with Gasteiger partial charge < -0.3 is 9.30 Å². The van der Waals surface area contributed by atoms with E-state index >= 15 is 0 Å². The molecule has 0 saturated heterocycles. The number of carbonyl (C=O) groups is 1. The third-order valence-electron chi connectivity index (χ3n) is 5.00. The van der Waals surface area contributed by atoms with Gasteiger partial charge in [-0.15, -0.1) is 0 Å². The van der Waals surface area contributed by atoms with E-state index in [4.69, 9.17) is 16.3 Å². The van der Waals surface area contributed by atoms with Gasteiger partial charge >= 0.3 is 6.09 Å². The second kappa shape index (κ2) is 8.49. The van der Waals surface area contributed by atoms with Crippen LogP contribution in [0, 0.1) is 17.5 Å². The molecular formula is C21H25ClF3N3O2. The highest BCUT2D eigenvalue weighted by molar-refractivity contribution is 6.30. The Morgan fingerprint density at radius 1 is 1.27 bits per heavy atom. The zero-order valence-electron chi connectivity index (χ0n) is 17.4. The highest BCUT2D eigenvalue weighted by Crippen LogP contribution is 2.36. The lowest BCUT2D eigenvalue weighted by atomic mass is 9.99. The maximum absolute atomic E-state index is 14.2. The van der Waals surface area contributed by atoms with Crippen molar-refractivity contribution >= 4 is 17.7 Å². The number of hydrogen-bond acceptors (Lipinski definition) is 3. The Bertz CT molecular complexity index is 956. The molecule has 1 aliphatic rings. The van der Waals surface area contributed by atoms with Gasteiger partial charge in [0.05, 0.1) is 11.7 Å². The summed E-state index contributed by atoms with van der Waals surface area (Å²) in [5.41, 5.74) is -0.168. The highest BCUT2D eigenvalue weighted by atomic mass is 35.5. The third kappa shape index (κ3) is 4.58. The lowest BCUT2D eigenvalue weighted by Gasteiger charge is -2.38. The van der Waals surface area contributed by atoms with Crippen molar-refractivity contribution in [3.05, 3.63) is 51.8 Å². The first-order valence-corrected chi connectivity index (χ1v) is 10.3. The molecule has 2 aromatic rings. The van der Waals surface area contributed by atoms with Gasteiger partial charge in [0.1, 0.15) is 17.2 Å². The number of hydrogen-bond donors (Lipinski definition) is 0. The first kappa shape index (κ1) is 22.5. The predicted molar refractivity (Wildman–Crippen MR) is 107 cm³/mol. The van der Waals surface area contributed by atoms with Crippen LogP contribution in [0.2, 0.25) is 5.15 Å². The van der Waals surface area contributed by atoms with Crippen LogP contribution in [0.15, 0.2) is 12.1 Å². The number of aromatic nitrogens is 2. The SMILES string of the molecule is CCc1nc(Cl)c2n1CCN(C(=O)OC(C)(C)C)C2CCc1cc(F)cc(F)c1F. The molecule has 0 fully saturated rings. The van der Waals surface area contributed by atoms with Gasteiger partial charge in [0.15, 0.2) is 16.8 Å². The van der Waals surface area contributed by atoms with E-state index < -0.39 is 35.2 Å². The average Bonchev–Trinajstić information content (AvgIpc) is 2.98. The number of amides is 1. The van der Waals surface area contributed by atoms with Crippen LogP contribution in [0.4, 0.5) is 18.0 Å². The molecule has 164 valence electrons. The van der Waals surface area contributed by atoms with Crippen molar-refractivity contribution in [3.8, 4) is 0 Å². The van der Waals surface area contributed by atoms with Gasteiger partial charge in [0.2, 0.25) is 0 Å². The smallest absolute Gasteiger partial charge is 0.410 e. The maximum atomic E-state index is 14.2. The molecule has 0 aliphatic carbocycles. The molecular weight excluding hydrogens is 419 g/mol. The zero-order valence-corrected chi connectivity index (χ0v) is 18.2. The molecule has 9 heteroatoms. The van der Waals surface area contributed by atoms with Gasteiger partial charge in [-0.05, 0) is 45.2 Å². The summed E-state index contributed by atoms with van der Waals surface area (Å²) in [6.45, 7) is 8.10. The van der Waals surface area contributed by atoms with Crippen LogP contribution < -0.4 is 0 Å². The fraction of sp³-hybridized carbons (Fsp3) is 0.524. The summed E-state index contributed by atoms with van der Waals surface area (Å²) < 4.78 is 48.8.